The maximum Gasteiger partial charge on any atom is 0.264 e. The molecule has 26 heavy (non-hydrogen) atoms. The Morgan fingerprint density at radius 3 is 2.88 bits per heavy atom. The molecule has 2 aromatic rings. The number of phenolic OH excluding ortho intramolecular Hbond substituents is 1. The van der Waals surface area contributed by atoms with E-state index in [1.54, 1.807) is 37.5 Å². The van der Waals surface area contributed by atoms with Gasteiger partial charge in [-0.05, 0) is 54.6 Å². The topological polar surface area (TPSA) is 80.2 Å². The van der Waals surface area contributed by atoms with Crippen LogP contribution in [0.2, 0.25) is 0 Å². The number of amides is 1. The lowest BCUT2D eigenvalue weighted by atomic mass is 10.2. The summed E-state index contributed by atoms with van der Waals surface area (Å²) in [4.78, 5) is 17.1. The van der Waals surface area contributed by atoms with E-state index in [1.165, 1.54) is 11.8 Å². The summed E-state index contributed by atoms with van der Waals surface area (Å²) in [6, 6.07) is 12.2. The van der Waals surface area contributed by atoms with Gasteiger partial charge in [0.05, 0.1) is 24.3 Å². The first-order valence-corrected chi connectivity index (χ1v) is 8.80. The highest BCUT2D eigenvalue weighted by atomic mass is 32.2. The van der Waals surface area contributed by atoms with Gasteiger partial charge in [0.15, 0.2) is 16.7 Å². The maximum atomic E-state index is 12.2. The van der Waals surface area contributed by atoms with Crippen molar-refractivity contribution in [3.63, 3.8) is 0 Å². The molecule has 2 N–H and O–H groups in total. The number of carbonyl (C=O) groups excluding carboxylic acids is 1. The van der Waals surface area contributed by atoms with E-state index in [2.05, 4.69) is 10.3 Å². The molecule has 0 bridgehead atoms. The lowest BCUT2D eigenvalue weighted by Crippen LogP contribution is -2.19. The van der Waals surface area contributed by atoms with E-state index >= 15 is 0 Å². The summed E-state index contributed by atoms with van der Waals surface area (Å²) in [5.41, 5.74) is 1.45. The van der Waals surface area contributed by atoms with Crippen molar-refractivity contribution in [1.29, 1.82) is 0 Å². The zero-order chi connectivity index (χ0) is 18.5. The molecule has 0 saturated carbocycles. The quantitative estimate of drug-likeness (QED) is 0.785. The molecule has 134 valence electrons. The Hall–Kier alpha value is -2.93. The van der Waals surface area contributed by atoms with Crippen LogP contribution in [0.3, 0.4) is 0 Å². The SMILES string of the molecule is CCOc1cc(C=C2SC(=Nc3cccc(OC)c3)NC2=O)ccc1O. The van der Waals surface area contributed by atoms with Crippen molar-refractivity contribution in [1.82, 2.24) is 5.32 Å². The standard InChI is InChI=1S/C19H18N2O4S/c1-3-25-16-9-12(7-8-15(16)22)10-17-18(23)21-19(26-17)20-13-5-4-6-14(11-13)24-2/h4-11,22H,3H2,1-2H3,(H,20,21,23). The van der Waals surface area contributed by atoms with Crippen molar-refractivity contribution < 1.29 is 19.4 Å². The number of nitrogens with zero attached hydrogens (tertiary/aromatic N) is 1. The van der Waals surface area contributed by atoms with Gasteiger partial charge in [0.2, 0.25) is 0 Å². The predicted octanol–water partition coefficient (Wildman–Crippen LogP) is 3.69. The molecular weight excluding hydrogens is 352 g/mol. The van der Waals surface area contributed by atoms with Gasteiger partial charge < -0.3 is 19.9 Å². The summed E-state index contributed by atoms with van der Waals surface area (Å²) in [6.45, 7) is 2.28. The van der Waals surface area contributed by atoms with Crippen molar-refractivity contribution in [2.45, 2.75) is 6.92 Å². The van der Waals surface area contributed by atoms with Crippen molar-refractivity contribution in [3.8, 4) is 17.2 Å². The molecule has 6 nitrogen and oxygen atoms in total. The molecule has 7 heteroatoms. The number of rotatable bonds is 5. The third-order valence-corrected chi connectivity index (χ3v) is 4.43. The number of methoxy groups -OCH3 is 1. The largest absolute Gasteiger partial charge is 0.504 e. The number of ether oxygens (including phenoxy) is 2. The highest BCUT2D eigenvalue weighted by Crippen LogP contribution is 2.32. The maximum absolute atomic E-state index is 12.2. The molecule has 2 aromatic carbocycles. The molecule has 1 saturated heterocycles. The van der Waals surface area contributed by atoms with E-state index in [4.69, 9.17) is 9.47 Å². The number of amidine groups is 1. The van der Waals surface area contributed by atoms with Crippen molar-refractivity contribution in [2.75, 3.05) is 13.7 Å². The third kappa shape index (κ3) is 4.18. The highest BCUT2D eigenvalue weighted by molar-refractivity contribution is 8.18. The van der Waals surface area contributed by atoms with E-state index < -0.39 is 0 Å². The molecule has 0 atom stereocenters. The third-order valence-electron chi connectivity index (χ3n) is 3.52. The van der Waals surface area contributed by atoms with Crippen LogP contribution in [0.25, 0.3) is 6.08 Å². The lowest BCUT2D eigenvalue weighted by molar-refractivity contribution is -0.115. The normalized spacial score (nSPS) is 16.8. The van der Waals surface area contributed by atoms with Gasteiger partial charge in [0.1, 0.15) is 5.75 Å². The number of nitrogens with one attached hydrogen (secondary N) is 1. The summed E-state index contributed by atoms with van der Waals surface area (Å²) >= 11 is 1.25. The first kappa shape index (κ1) is 17.9. The van der Waals surface area contributed by atoms with Crippen LogP contribution in [0.15, 0.2) is 52.4 Å². The number of carbonyl (C=O) groups is 1. The summed E-state index contributed by atoms with van der Waals surface area (Å²) in [5.74, 6) is 0.931. The number of hydrogen-bond donors (Lipinski definition) is 2. The van der Waals surface area contributed by atoms with Crippen LogP contribution in [0.5, 0.6) is 17.2 Å². The van der Waals surface area contributed by atoms with Crippen LogP contribution in [-0.2, 0) is 4.79 Å². The monoisotopic (exact) mass is 370 g/mol. The smallest absolute Gasteiger partial charge is 0.264 e. The number of aliphatic imine (C=N–C) groups is 1. The number of phenols is 1. The van der Waals surface area contributed by atoms with Crippen LogP contribution in [0.1, 0.15) is 12.5 Å². The first-order chi connectivity index (χ1) is 12.6. The molecule has 0 aromatic heterocycles. The molecule has 1 amide bonds. The van der Waals surface area contributed by atoms with Gasteiger partial charge in [0, 0.05) is 6.07 Å². The lowest BCUT2D eigenvalue weighted by Gasteiger charge is -2.06. The minimum Gasteiger partial charge on any atom is -0.504 e. The minimum absolute atomic E-state index is 0.0674. The second-order valence-corrected chi connectivity index (χ2v) is 6.37. The number of aromatic hydroxyl groups is 1. The summed E-state index contributed by atoms with van der Waals surface area (Å²) in [7, 11) is 1.59. The summed E-state index contributed by atoms with van der Waals surface area (Å²) in [5, 5.41) is 13.0. The number of thioether (sulfide) groups is 1. The Labute approximate surface area is 155 Å². The van der Waals surface area contributed by atoms with Gasteiger partial charge >= 0.3 is 0 Å². The van der Waals surface area contributed by atoms with Crippen LogP contribution in [0.4, 0.5) is 5.69 Å². The summed E-state index contributed by atoms with van der Waals surface area (Å²) < 4.78 is 10.5. The Bertz CT molecular complexity index is 893. The van der Waals surface area contributed by atoms with Crippen LogP contribution in [0, 0.1) is 0 Å². The van der Waals surface area contributed by atoms with Gasteiger partial charge in [-0.3, -0.25) is 4.79 Å². The summed E-state index contributed by atoms with van der Waals surface area (Å²) in [6.07, 6.45) is 1.73. The molecule has 1 aliphatic rings. The molecule has 0 spiro atoms. The molecular formula is C19H18N2O4S. The molecule has 1 fully saturated rings. The molecule has 3 rings (SSSR count). The van der Waals surface area contributed by atoms with Crippen LogP contribution < -0.4 is 14.8 Å². The van der Waals surface area contributed by atoms with E-state index in [0.29, 0.717) is 33.9 Å². The molecule has 1 aliphatic heterocycles. The van der Waals surface area contributed by atoms with Gasteiger partial charge in [-0.2, -0.15) is 0 Å². The number of hydrogen-bond acceptors (Lipinski definition) is 6. The second-order valence-electron chi connectivity index (χ2n) is 5.34. The van der Waals surface area contributed by atoms with Crippen LogP contribution >= 0.6 is 11.8 Å². The fraction of sp³-hybridized carbons (Fsp3) is 0.158. The Balaban J connectivity index is 1.82. The van der Waals surface area contributed by atoms with Crippen LogP contribution in [-0.4, -0.2) is 29.9 Å². The van der Waals surface area contributed by atoms with Gasteiger partial charge in [-0.25, -0.2) is 4.99 Å². The average Bonchev–Trinajstić information content (AvgIpc) is 2.97. The Morgan fingerprint density at radius 2 is 2.12 bits per heavy atom. The molecule has 0 unspecified atom stereocenters. The van der Waals surface area contributed by atoms with E-state index in [1.807, 2.05) is 25.1 Å². The average molecular weight is 370 g/mol. The van der Waals surface area contributed by atoms with E-state index in [-0.39, 0.29) is 11.7 Å². The van der Waals surface area contributed by atoms with Gasteiger partial charge in [-0.1, -0.05) is 12.1 Å². The number of benzene rings is 2. The zero-order valence-corrected chi connectivity index (χ0v) is 15.2. The minimum atomic E-state index is -0.220. The van der Waals surface area contributed by atoms with E-state index in [0.717, 1.165) is 5.56 Å². The zero-order valence-electron chi connectivity index (χ0n) is 14.4. The van der Waals surface area contributed by atoms with Crippen molar-refractivity contribution >= 4 is 34.6 Å². The van der Waals surface area contributed by atoms with Gasteiger partial charge in [-0.15, -0.1) is 0 Å². The first-order valence-electron chi connectivity index (χ1n) is 7.98. The van der Waals surface area contributed by atoms with Crippen molar-refractivity contribution in [2.24, 2.45) is 4.99 Å². The van der Waals surface area contributed by atoms with Crippen molar-refractivity contribution in [3.05, 3.63) is 52.9 Å². The molecule has 0 aliphatic carbocycles. The fourth-order valence-electron chi connectivity index (χ4n) is 2.32. The Kier molecular flexibility index (Phi) is 5.48. The fourth-order valence-corrected chi connectivity index (χ4v) is 3.16. The predicted molar refractivity (Wildman–Crippen MR) is 103 cm³/mol. The molecule has 1 heterocycles. The second kappa shape index (κ2) is 7.97. The van der Waals surface area contributed by atoms with E-state index in [9.17, 15) is 9.90 Å². The highest BCUT2D eigenvalue weighted by Gasteiger charge is 2.24. The Morgan fingerprint density at radius 1 is 1.27 bits per heavy atom. The molecule has 0 radical (unpaired) electrons. The van der Waals surface area contributed by atoms with Gasteiger partial charge in [0.25, 0.3) is 5.91 Å².